The fourth-order valence-electron chi connectivity index (χ4n) is 3.86. The van der Waals surface area contributed by atoms with Gasteiger partial charge < -0.3 is 0 Å². The van der Waals surface area contributed by atoms with Crippen molar-refractivity contribution < 1.29 is 0 Å². The van der Waals surface area contributed by atoms with Crippen molar-refractivity contribution >= 4 is 13.3 Å². The molecule has 1 heterocycles. The zero-order valence-corrected chi connectivity index (χ0v) is 15.9. The van der Waals surface area contributed by atoms with Crippen LogP contribution in [0.3, 0.4) is 0 Å². The van der Waals surface area contributed by atoms with Crippen LogP contribution < -0.4 is 5.19 Å². The van der Waals surface area contributed by atoms with E-state index in [4.69, 9.17) is 0 Å². The van der Waals surface area contributed by atoms with Crippen molar-refractivity contribution in [3.05, 3.63) is 52.4 Å². The van der Waals surface area contributed by atoms with Gasteiger partial charge in [0.05, 0.1) is 0 Å². The Kier molecular flexibility index (Phi) is 6.25. The van der Waals surface area contributed by atoms with Gasteiger partial charge in [-0.25, -0.2) is 0 Å². The zero-order valence-electron chi connectivity index (χ0n) is 14.9. The molecule has 0 N–H and O–H groups in total. The van der Waals surface area contributed by atoms with Gasteiger partial charge in [0.2, 0.25) is 0 Å². The van der Waals surface area contributed by atoms with E-state index in [0.717, 1.165) is 0 Å². The van der Waals surface area contributed by atoms with Gasteiger partial charge in [0, 0.05) is 0 Å². The maximum atomic E-state index is 2.61. The Hall–Kier alpha value is -1.08. The molecule has 0 aromatic heterocycles. The summed E-state index contributed by atoms with van der Waals surface area (Å²) in [6.07, 6.45) is 11.7. The van der Waals surface area contributed by atoms with E-state index in [0.29, 0.717) is 0 Å². The minimum atomic E-state index is -1.64. The molecule has 0 fully saturated rings. The smallest absolute Gasteiger partial charge is 0.0716 e. The number of hydrogen-bond acceptors (Lipinski definition) is 0. The lowest BCUT2D eigenvalue weighted by molar-refractivity contribution is 0.795. The van der Waals surface area contributed by atoms with Crippen LogP contribution in [-0.2, 0) is 0 Å². The van der Waals surface area contributed by atoms with Crippen molar-refractivity contribution in [1.29, 1.82) is 0 Å². The average molecular weight is 313 g/mol. The maximum Gasteiger partial charge on any atom is 0.137 e. The van der Waals surface area contributed by atoms with Gasteiger partial charge in [-0.2, -0.15) is 0 Å². The number of hydrogen-bond donors (Lipinski definition) is 0. The van der Waals surface area contributed by atoms with Crippen molar-refractivity contribution in [1.82, 2.24) is 0 Å². The number of unbranched alkanes of at least 4 members (excludes halogenated alkanes) is 2. The Morgan fingerprint density at radius 2 is 1.50 bits per heavy atom. The molecule has 0 nitrogen and oxygen atoms in total. The van der Waals surface area contributed by atoms with Crippen LogP contribution in [0.2, 0.25) is 6.55 Å². The highest BCUT2D eigenvalue weighted by atomic mass is 28.3. The van der Waals surface area contributed by atoms with Gasteiger partial charge in [0.15, 0.2) is 0 Å². The Labute approximate surface area is 138 Å². The highest BCUT2D eigenvalue weighted by Gasteiger charge is 2.41. The summed E-state index contributed by atoms with van der Waals surface area (Å²) in [5.41, 5.74) is 1.66. The van der Waals surface area contributed by atoms with Crippen LogP contribution in [0, 0.1) is 0 Å². The van der Waals surface area contributed by atoms with Crippen molar-refractivity contribution in [3.63, 3.8) is 0 Å². The fraction of sp³-hybridized carbons (Fsp3) is 0.524. The molecule has 1 aromatic carbocycles. The van der Waals surface area contributed by atoms with E-state index in [1.165, 1.54) is 44.9 Å². The summed E-state index contributed by atoms with van der Waals surface area (Å²) in [5.74, 6) is 0. The molecule has 0 amide bonds. The van der Waals surface area contributed by atoms with Gasteiger partial charge in [-0.05, 0) is 19.3 Å². The third-order valence-corrected chi connectivity index (χ3v) is 10.2. The molecule has 0 saturated heterocycles. The van der Waals surface area contributed by atoms with Crippen molar-refractivity contribution in [2.24, 2.45) is 0 Å². The predicted octanol–water partition coefficient (Wildman–Crippen LogP) is 6.08. The van der Waals surface area contributed by atoms with Gasteiger partial charge in [0.25, 0.3) is 0 Å². The Bertz CT molecular complexity index is 538. The molecule has 0 unspecified atom stereocenters. The first-order valence-electron chi connectivity index (χ1n) is 9.17. The summed E-state index contributed by atoms with van der Waals surface area (Å²) in [6, 6.07) is 11.4. The predicted molar refractivity (Wildman–Crippen MR) is 102 cm³/mol. The second-order valence-corrected chi connectivity index (χ2v) is 10.8. The highest BCUT2D eigenvalue weighted by molar-refractivity contribution is 7.03. The molecule has 1 atom stereocenters. The number of rotatable bonds is 8. The molecule has 0 aliphatic carbocycles. The first kappa shape index (κ1) is 17.3. The zero-order chi connectivity index (χ0) is 16.0. The normalized spacial score (nSPS) is 21.4. The second-order valence-electron chi connectivity index (χ2n) is 6.73. The van der Waals surface area contributed by atoms with E-state index >= 15 is 0 Å². The molecule has 2 rings (SSSR count). The van der Waals surface area contributed by atoms with E-state index < -0.39 is 8.07 Å². The molecule has 1 aliphatic heterocycles. The van der Waals surface area contributed by atoms with Gasteiger partial charge >= 0.3 is 0 Å². The molecular weight excluding hydrogens is 280 g/mol. The first-order chi connectivity index (χ1) is 10.7. The largest absolute Gasteiger partial charge is 0.137 e. The van der Waals surface area contributed by atoms with Crippen LogP contribution in [0.25, 0.3) is 0 Å². The summed E-state index contributed by atoms with van der Waals surface area (Å²) in [5, 5.41) is 5.23. The number of benzene rings is 1. The molecule has 120 valence electrons. The topological polar surface area (TPSA) is 0 Å². The fourth-order valence-corrected chi connectivity index (χ4v) is 8.53. The van der Waals surface area contributed by atoms with Crippen LogP contribution in [0.5, 0.6) is 0 Å². The van der Waals surface area contributed by atoms with Gasteiger partial charge in [-0.3, -0.25) is 0 Å². The summed E-state index contributed by atoms with van der Waals surface area (Å²) >= 11 is 0. The summed E-state index contributed by atoms with van der Waals surface area (Å²) in [7, 11) is -1.64. The molecule has 1 heteroatoms. The first-order valence-corrected chi connectivity index (χ1v) is 11.7. The molecule has 1 aliphatic rings. The van der Waals surface area contributed by atoms with E-state index in [1.54, 1.807) is 16.0 Å². The molecule has 0 saturated carbocycles. The summed E-state index contributed by atoms with van der Waals surface area (Å²) in [4.78, 5) is 0. The van der Waals surface area contributed by atoms with E-state index in [9.17, 15) is 0 Å². The minimum absolute atomic E-state index is 1.20. The van der Waals surface area contributed by atoms with Gasteiger partial charge in [-0.1, -0.05) is 111 Å². The molecule has 22 heavy (non-hydrogen) atoms. The van der Waals surface area contributed by atoms with Gasteiger partial charge in [0.1, 0.15) is 8.07 Å². The molecule has 1 aromatic rings. The average Bonchev–Trinajstić information content (AvgIpc) is 2.84. The molecule has 0 spiro atoms. The lowest BCUT2D eigenvalue weighted by atomic mass is 10.1. The maximum absolute atomic E-state index is 2.61. The third kappa shape index (κ3) is 3.30. The van der Waals surface area contributed by atoms with Crippen LogP contribution in [0.15, 0.2) is 52.4 Å². The van der Waals surface area contributed by atoms with E-state index in [2.05, 4.69) is 63.7 Å². The molecular formula is C21H32Si. The lowest BCUT2D eigenvalue weighted by Crippen LogP contribution is -2.48. The minimum Gasteiger partial charge on any atom is -0.0716 e. The Balaban J connectivity index is 2.45. The van der Waals surface area contributed by atoms with Crippen molar-refractivity contribution in [3.8, 4) is 0 Å². The van der Waals surface area contributed by atoms with E-state index in [1.807, 2.05) is 5.20 Å². The van der Waals surface area contributed by atoms with E-state index in [-0.39, 0.29) is 0 Å². The molecule has 0 radical (unpaired) electrons. The summed E-state index contributed by atoms with van der Waals surface area (Å²) < 4.78 is 0. The SMILES string of the molecule is CCCCC1=CC(CC)=C(CCCC)[Si@]1(C)c1ccccc1. The van der Waals surface area contributed by atoms with Gasteiger partial charge in [-0.15, -0.1) is 0 Å². The third-order valence-electron chi connectivity index (χ3n) is 5.29. The highest BCUT2D eigenvalue weighted by Crippen LogP contribution is 2.40. The van der Waals surface area contributed by atoms with Crippen LogP contribution >= 0.6 is 0 Å². The Morgan fingerprint density at radius 1 is 0.864 bits per heavy atom. The molecule has 0 bridgehead atoms. The monoisotopic (exact) mass is 312 g/mol. The quantitative estimate of drug-likeness (QED) is 0.510. The van der Waals surface area contributed by atoms with Crippen LogP contribution in [0.1, 0.15) is 65.7 Å². The second kappa shape index (κ2) is 7.96. The van der Waals surface area contributed by atoms with Crippen LogP contribution in [0.4, 0.5) is 0 Å². The van der Waals surface area contributed by atoms with Crippen molar-refractivity contribution in [2.75, 3.05) is 0 Å². The lowest BCUT2D eigenvalue weighted by Gasteiger charge is -2.31. The standard InChI is InChI=1S/C21H32Si/c1-5-8-13-20-17-18(7-3)21(16-9-6-2)22(20,4)19-14-11-10-12-15-19/h10-12,14-15,17H,5-9,13,16H2,1-4H3/t22-/m1/s1. The van der Waals surface area contributed by atoms with Crippen molar-refractivity contribution in [2.45, 2.75) is 72.3 Å². The summed E-state index contributed by atoms with van der Waals surface area (Å²) in [6.45, 7) is 9.56. The number of allylic oxidation sites excluding steroid dienone is 4. The Morgan fingerprint density at radius 3 is 2.09 bits per heavy atom. The van der Waals surface area contributed by atoms with Crippen LogP contribution in [-0.4, -0.2) is 8.07 Å².